The van der Waals surface area contributed by atoms with Crippen LogP contribution in [0, 0.1) is 6.92 Å². The first kappa shape index (κ1) is 25.8. The molecule has 0 aromatic heterocycles. The van der Waals surface area contributed by atoms with E-state index in [1.54, 1.807) is 18.1 Å². The predicted octanol–water partition coefficient (Wildman–Crippen LogP) is 4.69. The number of hydrogen-bond donors (Lipinski definition) is 0. The fourth-order valence-electron chi connectivity index (χ4n) is 5.33. The lowest BCUT2D eigenvalue weighted by atomic mass is 9.99. The van der Waals surface area contributed by atoms with Crippen LogP contribution < -0.4 is 14.4 Å². The van der Waals surface area contributed by atoms with E-state index in [0.29, 0.717) is 17.2 Å². The lowest BCUT2D eigenvalue weighted by Crippen LogP contribution is -2.47. The third-order valence-electron chi connectivity index (χ3n) is 7.61. The Labute approximate surface area is 224 Å². The molecule has 0 spiro atoms. The fraction of sp³-hybridized carbons (Fsp3) is 0.355. The molecule has 1 saturated heterocycles. The zero-order valence-corrected chi connectivity index (χ0v) is 22.4. The van der Waals surface area contributed by atoms with Crippen LogP contribution in [0.3, 0.4) is 0 Å². The monoisotopic (exact) mass is 513 g/mol. The minimum atomic E-state index is -0.242. The van der Waals surface area contributed by atoms with Crippen molar-refractivity contribution in [3.8, 4) is 22.6 Å². The SMILES string of the molecule is COc1cc2c(cc1C)OCC(=O)N2CC(=O)N(C)C(CN1CCCC1)c1ccc(-c2ccccc2)cc1. The zero-order valence-electron chi connectivity index (χ0n) is 22.4. The molecule has 7 nitrogen and oxygen atoms in total. The molecule has 2 amide bonds. The van der Waals surface area contributed by atoms with E-state index >= 15 is 0 Å². The number of rotatable bonds is 8. The molecule has 5 rings (SSSR count). The minimum absolute atomic E-state index is 0.0590. The Balaban J connectivity index is 1.39. The number of amides is 2. The highest BCUT2D eigenvalue weighted by Gasteiger charge is 2.32. The molecule has 1 fully saturated rings. The fourth-order valence-corrected chi connectivity index (χ4v) is 5.33. The quantitative estimate of drug-likeness (QED) is 0.437. The summed E-state index contributed by atoms with van der Waals surface area (Å²) >= 11 is 0. The van der Waals surface area contributed by atoms with E-state index < -0.39 is 0 Å². The number of likely N-dealkylation sites (N-methyl/N-ethyl adjacent to an activating group) is 1. The van der Waals surface area contributed by atoms with Crippen molar-refractivity contribution in [2.24, 2.45) is 0 Å². The van der Waals surface area contributed by atoms with Crippen molar-refractivity contribution in [1.82, 2.24) is 9.80 Å². The summed E-state index contributed by atoms with van der Waals surface area (Å²) in [6.07, 6.45) is 2.36. The summed E-state index contributed by atoms with van der Waals surface area (Å²) in [6.45, 7) is 4.61. The summed E-state index contributed by atoms with van der Waals surface area (Å²) in [7, 11) is 3.44. The smallest absolute Gasteiger partial charge is 0.265 e. The summed E-state index contributed by atoms with van der Waals surface area (Å²) in [4.78, 5) is 32.3. The van der Waals surface area contributed by atoms with Crippen LogP contribution in [-0.4, -0.2) is 68.6 Å². The van der Waals surface area contributed by atoms with Crippen molar-refractivity contribution < 1.29 is 19.1 Å². The number of carbonyl (C=O) groups is 2. The molecule has 1 unspecified atom stereocenters. The Bertz CT molecular complexity index is 1290. The molecule has 7 heteroatoms. The number of aryl methyl sites for hydroxylation is 1. The number of anilines is 1. The summed E-state index contributed by atoms with van der Waals surface area (Å²) in [6, 6.07) is 22.3. The summed E-state index contributed by atoms with van der Waals surface area (Å²) < 4.78 is 11.1. The number of carbonyl (C=O) groups excluding carboxylic acids is 2. The first-order valence-corrected chi connectivity index (χ1v) is 13.2. The average molecular weight is 514 g/mol. The third-order valence-corrected chi connectivity index (χ3v) is 7.61. The van der Waals surface area contributed by atoms with Gasteiger partial charge in [-0.15, -0.1) is 0 Å². The Hall–Kier alpha value is -3.84. The first-order chi connectivity index (χ1) is 18.4. The summed E-state index contributed by atoms with van der Waals surface area (Å²) in [5, 5.41) is 0. The van der Waals surface area contributed by atoms with Crippen LogP contribution in [0.15, 0.2) is 66.7 Å². The maximum absolute atomic E-state index is 13.7. The molecule has 2 aliphatic rings. The second kappa shape index (κ2) is 11.3. The highest BCUT2D eigenvalue weighted by Crippen LogP contribution is 2.38. The van der Waals surface area contributed by atoms with Crippen molar-refractivity contribution >= 4 is 17.5 Å². The number of fused-ring (bicyclic) bond motifs is 1. The second-order valence-electron chi connectivity index (χ2n) is 10.1. The maximum Gasteiger partial charge on any atom is 0.265 e. The third kappa shape index (κ3) is 5.38. The topological polar surface area (TPSA) is 62.3 Å². The summed E-state index contributed by atoms with van der Waals surface area (Å²) in [5.41, 5.74) is 4.86. The lowest BCUT2D eigenvalue weighted by Gasteiger charge is -2.35. The number of benzene rings is 3. The molecular weight excluding hydrogens is 478 g/mol. The Morgan fingerprint density at radius 2 is 1.71 bits per heavy atom. The normalized spacial score (nSPS) is 16.1. The highest BCUT2D eigenvalue weighted by atomic mass is 16.5. The van der Waals surface area contributed by atoms with Crippen LogP contribution in [0.2, 0.25) is 0 Å². The van der Waals surface area contributed by atoms with Gasteiger partial charge in [0.15, 0.2) is 6.61 Å². The molecular formula is C31H35N3O4. The highest BCUT2D eigenvalue weighted by molar-refractivity contribution is 6.02. The van der Waals surface area contributed by atoms with Gasteiger partial charge in [0.25, 0.3) is 5.91 Å². The molecule has 0 radical (unpaired) electrons. The van der Waals surface area contributed by atoms with Gasteiger partial charge in [-0.1, -0.05) is 54.6 Å². The van der Waals surface area contributed by atoms with E-state index in [4.69, 9.17) is 9.47 Å². The van der Waals surface area contributed by atoms with Crippen molar-refractivity contribution in [3.63, 3.8) is 0 Å². The first-order valence-electron chi connectivity index (χ1n) is 13.2. The molecule has 0 bridgehead atoms. The van der Waals surface area contributed by atoms with Crippen LogP contribution in [0.1, 0.15) is 30.0 Å². The van der Waals surface area contributed by atoms with Gasteiger partial charge in [-0.05, 0) is 61.2 Å². The van der Waals surface area contributed by atoms with E-state index in [9.17, 15) is 9.59 Å². The van der Waals surface area contributed by atoms with Gasteiger partial charge in [-0.25, -0.2) is 0 Å². The molecule has 2 aliphatic heterocycles. The van der Waals surface area contributed by atoms with Crippen LogP contribution in [0.25, 0.3) is 11.1 Å². The Morgan fingerprint density at radius 3 is 2.39 bits per heavy atom. The largest absolute Gasteiger partial charge is 0.496 e. The van der Waals surface area contributed by atoms with Crippen LogP contribution in [-0.2, 0) is 9.59 Å². The number of methoxy groups -OCH3 is 1. The minimum Gasteiger partial charge on any atom is -0.496 e. The number of likely N-dealkylation sites (tertiary alicyclic amines) is 1. The van der Waals surface area contributed by atoms with Crippen LogP contribution >= 0.6 is 0 Å². The Morgan fingerprint density at radius 1 is 1.03 bits per heavy atom. The predicted molar refractivity (Wildman–Crippen MR) is 149 cm³/mol. The van der Waals surface area contributed by atoms with Crippen molar-refractivity contribution in [3.05, 3.63) is 77.9 Å². The van der Waals surface area contributed by atoms with Gasteiger partial charge in [-0.2, -0.15) is 0 Å². The van der Waals surface area contributed by atoms with E-state index in [1.807, 2.05) is 38.2 Å². The van der Waals surface area contributed by atoms with Gasteiger partial charge >= 0.3 is 0 Å². The van der Waals surface area contributed by atoms with E-state index in [2.05, 4.69) is 41.3 Å². The standard InChI is InChI=1S/C31H35N3O4/c1-22-17-29-26(18-28(22)37-3)34(31(36)21-38-29)20-30(35)32(2)27(19-33-15-7-8-16-33)25-13-11-24(12-14-25)23-9-5-4-6-10-23/h4-6,9-14,17-18,27H,7-8,15-16,19-21H2,1-3H3. The van der Waals surface area contributed by atoms with Gasteiger partial charge < -0.3 is 19.3 Å². The zero-order chi connectivity index (χ0) is 26.6. The van der Waals surface area contributed by atoms with Crippen molar-refractivity contribution in [2.45, 2.75) is 25.8 Å². The van der Waals surface area contributed by atoms with E-state index in [-0.39, 0.29) is 31.0 Å². The Kier molecular flexibility index (Phi) is 7.65. The number of nitrogens with zero attached hydrogens (tertiary/aromatic N) is 3. The average Bonchev–Trinajstić information content (AvgIpc) is 3.46. The van der Waals surface area contributed by atoms with Gasteiger partial charge in [-0.3, -0.25) is 14.5 Å². The second-order valence-corrected chi connectivity index (χ2v) is 10.1. The number of ether oxygens (including phenoxy) is 2. The van der Waals surface area contributed by atoms with Gasteiger partial charge in [0.05, 0.1) is 18.8 Å². The summed E-state index contributed by atoms with van der Waals surface area (Å²) in [5.74, 6) is 0.872. The van der Waals surface area contributed by atoms with Gasteiger partial charge in [0.2, 0.25) is 5.91 Å². The van der Waals surface area contributed by atoms with Gasteiger partial charge in [0, 0.05) is 19.7 Å². The molecule has 2 heterocycles. The molecule has 38 heavy (non-hydrogen) atoms. The van der Waals surface area contributed by atoms with Crippen molar-refractivity contribution in [1.29, 1.82) is 0 Å². The number of hydrogen-bond acceptors (Lipinski definition) is 5. The van der Waals surface area contributed by atoms with Crippen LogP contribution in [0.5, 0.6) is 11.5 Å². The molecule has 0 aliphatic carbocycles. The molecule has 0 saturated carbocycles. The molecule has 0 N–H and O–H groups in total. The molecule has 1 atom stereocenters. The molecule has 3 aromatic carbocycles. The van der Waals surface area contributed by atoms with E-state index in [0.717, 1.165) is 41.9 Å². The lowest BCUT2D eigenvalue weighted by molar-refractivity contribution is -0.133. The maximum atomic E-state index is 13.7. The molecule has 198 valence electrons. The van der Waals surface area contributed by atoms with Crippen molar-refractivity contribution in [2.75, 3.05) is 51.8 Å². The van der Waals surface area contributed by atoms with Gasteiger partial charge in [0.1, 0.15) is 18.0 Å². The molecule has 3 aromatic rings. The van der Waals surface area contributed by atoms with E-state index in [1.165, 1.54) is 17.7 Å². The van der Waals surface area contributed by atoms with Crippen LogP contribution in [0.4, 0.5) is 5.69 Å².